The number of guanidine groups is 1. The minimum Gasteiger partial charge on any atom is -0.340 e. The standard InChI is InChI=1S/C22H30Cl2N6O2/c1-3-4-5-9-30-18-19(27(2)22(32)26-20(18)31)25-21(30)29-12-10-28(11-13-29)14-15-16(23)7-6-8-17(15)24/h6-8,18-19H,3-5,9-14H2,1-2H3,(H,26,31,32). The van der Waals surface area contributed by atoms with E-state index in [2.05, 4.69) is 26.9 Å². The smallest absolute Gasteiger partial charge is 0.325 e. The third-order valence-corrected chi connectivity index (χ3v) is 7.15. The topological polar surface area (TPSA) is 71.5 Å². The lowest BCUT2D eigenvalue weighted by atomic mass is 10.1. The van der Waals surface area contributed by atoms with Crippen LogP contribution in [0.25, 0.3) is 0 Å². The van der Waals surface area contributed by atoms with Crippen molar-refractivity contribution in [3.63, 3.8) is 0 Å². The van der Waals surface area contributed by atoms with Gasteiger partial charge in [-0.15, -0.1) is 0 Å². The maximum Gasteiger partial charge on any atom is 0.325 e. The van der Waals surface area contributed by atoms with Crippen LogP contribution in [-0.2, 0) is 11.3 Å². The van der Waals surface area contributed by atoms with E-state index in [4.69, 9.17) is 28.2 Å². The van der Waals surface area contributed by atoms with Gasteiger partial charge in [-0.1, -0.05) is 49.0 Å². The van der Waals surface area contributed by atoms with Gasteiger partial charge in [-0.3, -0.25) is 15.0 Å². The van der Waals surface area contributed by atoms with Crippen LogP contribution >= 0.6 is 23.2 Å². The number of benzene rings is 1. The first-order chi connectivity index (χ1) is 15.4. The van der Waals surface area contributed by atoms with Gasteiger partial charge in [-0.2, -0.15) is 0 Å². The van der Waals surface area contributed by atoms with Crippen molar-refractivity contribution in [1.29, 1.82) is 0 Å². The number of rotatable bonds is 6. The Morgan fingerprint density at radius 2 is 1.78 bits per heavy atom. The van der Waals surface area contributed by atoms with Gasteiger partial charge < -0.3 is 14.7 Å². The lowest BCUT2D eigenvalue weighted by molar-refractivity contribution is -0.127. The molecule has 4 rings (SSSR count). The van der Waals surface area contributed by atoms with E-state index < -0.39 is 18.2 Å². The maximum atomic E-state index is 12.7. The molecule has 0 aliphatic carbocycles. The summed E-state index contributed by atoms with van der Waals surface area (Å²) in [6.07, 6.45) is 2.69. The minimum atomic E-state index is -0.479. The molecule has 3 aliphatic heterocycles. The molecule has 0 radical (unpaired) electrons. The van der Waals surface area contributed by atoms with Gasteiger partial charge in [0.15, 0.2) is 18.2 Å². The third kappa shape index (κ3) is 4.54. The number of nitrogens with one attached hydrogen (secondary N) is 1. The molecule has 2 saturated heterocycles. The molecule has 2 fully saturated rings. The van der Waals surface area contributed by atoms with Crippen molar-refractivity contribution in [2.45, 2.75) is 44.9 Å². The summed E-state index contributed by atoms with van der Waals surface area (Å²) in [5.41, 5.74) is 0.950. The molecule has 0 spiro atoms. The van der Waals surface area contributed by atoms with Crippen molar-refractivity contribution < 1.29 is 9.59 Å². The van der Waals surface area contributed by atoms with Gasteiger partial charge in [-0.05, 0) is 18.6 Å². The van der Waals surface area contributed by atoms with Crippen LogP contribution < -0.4 is 5.32 Å². The monoisotopic (exact) mass is 480 g/mol. The highest BCUT2D eigenvalue weighted by Crippen LogP contribution is 2.28. The number of carbonyl (C=O) groups is 2. The Bertz CT molecular complexity index is 882. The average molecular weight is 481 g/mol. The van der Waals surface area contributed by atoms with Crippen LogP contribution in [-0.4, -0.2) is 89.5 Å². The molecule has 0 aromatic heterocycles. The Labute approximate surface area is 199 Å². The summed E-state index contributed by atoms with van der Waals surface area (Å²) < 4.78 is 0. The number of imide groups is 1. The van der Waals surface area contributed by atoms with Crippen LogP contribution in [0.2, 0.25) is 10.0 Å². The number of unbranched alkanes of at least 4 members (excludes halogenated alkanes) is 2. The van der Waals surface area contributed by atoms with Crippen molar-refractivity contribution in [3.8, 4) is 0 Å². The van der Waals surface area contributed by atoms with Crippen molar-refractivity contribution in [2.75, 3.05) is 39.8 Å². The van der Waals surface area contributed by atoms with Crippen LogP contribution in [0, 0.1) is 0 Å². The summed E-state index contributed by atoms with van der Waals surface area (Å²) in [4.78, 5) is 37.9. The summed E-state index contributed by atoms with van der Waals surface area (Å²) in [7, 11) is 1.70. The van der Waals surface area contributed by atoms with Crippen LogP contribution in [0.5, 0.6) is 0 Å². The highest BCUT2D eigenvalue weighted by Gasteiger charge is 2.49. The van der Waals surface area contributed by atoms with Crippen molar-refractivity contribution in [2.24, 2.45) is 4.99 Å². The van der Waals surface area contributed by atoms with E-state index in [0.29, 0.717) is 16.6 Å². The molecule has 0 bridgehead atoms. The van der Waals surface area contributed by atoms with E-state index in [1.165, 1.54) is 4.90 Å². The van der Waals surface area contributed by atoms with Crippen LogP contribution in [0.3, 0.4) is 0 Å². The average Bonchev–Trinajstić information content (AvgIpc) is 3.16. The van der Waals surface area contributed by atoms with Gasteiger partial charge in [0.2, 0.25) is 0 Å². The normalized spacial score (nSPS) is 24.0. The number of nitrogens with zero attached hydrogens (tertiary/aromatic N) is 5. The number of likely N-dealkylation sites (N-methyl/N-ethyl adjacent to an activating group) is 1. The zero-order chi connectivity index (χ0) is 22.8. The van der Waals surface area contributed by atoms with Crippen molar-refractivity contribution >= 4 is 41.1 Å². The first kappa shape index (κ1) is 23.1. The molecule has 1 aromatic carbocycles. The van der Waals surface area contributed by atoms with E-state index in [1.807, 2.05) is 18.2 Å². The Balaban J connectivity index is 1.46. The van der Waals surface area contributed by atoms with E-state index in [-0.39, 0.29) is 5.91 Å². The van der Waals surface area contributed by atoms with Gasteiger partial charge in [0.25, 0.3) is 5.91 Å². The molecule has 3 aliphatic rings. The molecule has 2 atom stereocenters. The maximum absolute atomic E-state index is 12.7. The second-order valence-corrected chi connectivity index (χ2v) is 9.37. The first-order valence-electron chi connectivity index (χ1n) is 11.2. The predicted octanol–water partition coefficient (Wildman–Crippen LogP) is 2.85. The lowest BCUT2D eigenvalue weighted by Gasteiger charge is -2.40. The van der Waals surface area contributed by atoms with Crippen LogP contribution in [0.4, 0.5) is 4.79 Å². The summed E-state index contributed by atoms with van der Waals surface area (Å²) in [5, 5.41) is 3.84. The first-order valence-corrected chi connectivity index (χ1v) is 12.0. The molecule has 10 heteroatoms. The molecule has 1 N–H and O–H groups in total. The molecule has 32 heavy (non-hydrogen) atoms. The Morgan fingerprint density at radius 1 is 1.09 bits per heavy atom. The fourth-order valence-corrected chi connectivity index (χ4v) is 5.08. The number of hydrogen-bond donors (Lipinski definition) is 1. The van der Waals surface area contributed by atoms with Gasteiger partial charge in [-0.25, -0.2) is 9.79 Å². The quantitative estimate of drug-likeness (QED) is 0.633. The lowest BCUT2D eigenvalue weighted by Crippen LogP contribution is -2.64. The zero-order valence-corrected chi connectivity index (χ0v) is 20.1. The number of aliphatic imine (C=N–C) groups is 1. The minimum absolute atomic E-state index is 0.264. The zero-order valence-electron chi connectivity index (χ0n) is 18.6. The fraction of sp³-hybridized carbons (Fsp3) is 0.591. The number of amides is 3. The van der Waals surface area contributed by atoms with E-state index >= 15 is 0 Å². The molecule has 3 heterocycles. The van der Waals surface area contributed by atoms with Gasteiger partial charge >= 0.3 is 6.03 Å². The second-order valence-electron chi connectivity index (χ2n) is 8.56. The number of urea groups is 1. The third-order valence-electron chi connectivity index (χ3n) is 6.44. The molecule has 174 valence electrons. The molecule has 8 nitrogen and oxygen atoms in total. The largest absolute Gasteiger partial charge is 0.340 e. The van der Waals surface area contributed by atoms with Crippen molar-refractivity contribution in [1.82, 2.24) is 24.9 Å². The molecule has 1 aromatic rings. The van der Waals surface area contributed by atoms with E-state index in [0.717, 1.165) is 63.5 Å². The number of carbonyl (C=O) groups excluding carboxylic acids is 2. The molecule has 2 unspecified atom stereocenters. The summed E-state index contributed by atoms with van der Waals surface area (Å²) >= 11 is 12.7. The predicted molar refractivity (Wildman–Crippen MR) is 126 cm³/mol. The van der Waals surface area contributed by atoms with Crippen molar-refractivity contribution in [3.05, 3.63) is 33.8 Å². The summed E-state index contributed by atoms with van der Waals surface area (Å²) in [6.45, 7) is 6.84. The van der Waals surface area contributed by atoms with Gasteiger partial charge in [0.1, 0.15) is 0 Å². The number of halogens is 2. The van der Waals surface area contributed by atoms with E-state index in [9.17, 15) is 9.59 Å². The summed E-state index contributed by atoms with van der Waals surface area (Å²) in [6, 6.07) is 4.73. The summed E-state index contributed by atoms with van der Waals surface area (Å²) in [5.74, 6) is 0.559. The highest BCUT2D eigenvalue weighted by molar-refractivity contribution is 6.35. The Morgan fingerprint density at radius 3 is 2.44 bits per heavy atom. The number of piperazine rings is 1. The van der Waals surface area contributed by atoms with Gasteiger partial charge in [0.05, 0.1) is 0 Å². The molecular formula is C22H30Cl2N6O2. The number of hydrogen-bond acceptors (Lipinski definition) is 6. The number of fused-ring (bicyclic) bond motifs is 1. The van der Waals surface area contributed by atoms with Crippen LogP contribution in [0.1, 0.15) is 31.7 Å². The van der Waals surface area contributed by atoms with Crippen LogP contribution in [0.15, 0.2) is 23.2 Å². The van der Waals surface area contributed by atoms with Gasteiger partial charge in [0, 0.05) is 61.9 Å². The SMILES string of the molecule is CCCCCN1C(N2CCN(Cc3c(Cl)cccc3Cl)CC2)=NC2C1C(=O)NC(=O)N2C. The molecular weight excluding hydrogens is 451 g/mol. The van der Waals surface area contributed by atoms with E-state index in [1.54, 1.807) is 7.05 Å². The molecule has 3 amide bonds. The fourth-order valence-electron chi connectivity index (χ4n) is 4.56. The highest BCUT2D eigenvalue weighted by atomic mass is 35.5. The second kappa shape index (κ2) is 9.85. The molecule has 0 saturated carbocycles. The Hall–Kier alpha value is -2.03. The Kier molecular flexibility index (Phi) is 7.12.